The van der Waals surface area contributed by atoms with E-state index >= 15 is 0 Å². The average molecular weight is 368 g/mol. The maximum atomic E-state index is 13.4. The molecule has 130 valence electrons. The Balaban J connectivity index is 2.03. The number of halogens is 3. The zero-order valence-electron chi connectivity index (χ0n) is 12.6. The first-order chi connectivity index (χ1) is 11.7. The fourth-order valence-corrected chi connectivity index (χ4v) is 3.98. The van der Waals surface area contributed by atoms with Crippen LogP contribution in [0.25, 0.3) is 0 Å². The van der Waals surface area contributed by atoms with E-state index in [1.54, 1.807) is 0 Å². The van der Waals surface area contributed by atoms with Crippen LogP contribution in [0, 0.1) is 21.4 Å². The number of hydrogen-bond donors (Lipinski definition) is 1. The number of rotatable bonds is 2. The molecule has 0 bridgehead atoms. The topological polar surface area (TPSA) is 96.2 Å². The molecule has 1 aliphatic rings. The van der Waals surface area contributed by atoms with Crippen molar-refractivity contribution < 1.29 is 18.1 Å². The highest BCUT2D eigenvalue weighted by Gasteiger charge is 2.37. The number of hydrogen-bond acceptors (Lipinski definition) is 6. The van der Waals surface area contributed by atoms with Gasteiger partial charge in [-0.05, 0) is 18.1 Å². The highest BCUT2D eigenvalue weighted by Crippen LogP contribution is 2.42. The number of anilines is 2. The van der Waals surface area contributed by atoms with Crippen molar-refractivity contribution in [3.63, 3.8) is 0 Å². The third-order valence-electron chi connectivity index (χ3n) is 4.03. The number of benzene rings is 1. The van der Waals surface area contributed by atoms with Crippen molar-refractivity contribution in [2.45, 2.75) is 19.1 Å². The van der Waals surface area contributed by atoms with Gasteiger partial charge in [-0.25, -0.2) is 0 Å². The van der Waals surface area contributed by atoms with Crippen molar-refractivity contribution in [2.75, 3.05) is 17.2 Å². The Morgan fingerprint density at radius 3 is 2.72 bits per heavy atom. The number of nitrogens with zero attached hydrogens (tertiary/aromatic N) is 3. The number of non-ortho nitro benzene ring substituents is 1. The lowest BCUT2D eigenvalue weighted by atomic mass is 10.0. The Hall–Kier alpha value is -2.80. The standard InChI is InChI=1S/C15H11F3N4O2S/c16-15(17,18)11-5-8(22(23)24)1-2-12(11)21-4-3-9-10(6-19)14(20)25-13(9)7-21/h1-2,5H,3-4,7,20H2. The summed E-state index contributed by atoms with van der Waals surface area (Å²) in [7, 11) is 0. The first kappa shape index (κ1) is 17.0. The molecular weight excluding hydrogens is 357 g/mol. The van der Waals surface area contributed by atoms with Crippen molar-refractivity contribution in [2.24, 2.45) is 0 Å². The quantitative estimate of drug-likeness (QED) is 0.644. The molecule has 2 heterocycles. The third-order valence-corrected chi connectivity index (χ3v) is 5.08. The van der Waals surface area contributed by atoms with Gasteiger partial charge in [0, 0.05) is 29.2 Å². The zero-order valence-corrected chi connectivity index (χ0v) is 13.4. The number of nitrogen functional groups attached to an aromatic ring is 1. The van der Waals surface area contributed by atoms with Gasteiger partial charge < -0.3 is 10.6 Å². The SMILES string of the molecule is N#Cc1c(N)sc2c1CCN(c1ccc([N+](=O)[O-])cc1C(F)(F)F)C2. The highest BCUT2D eigenvalue weighted by molar-refractivity contribution is 7.16. The lowest BCUT2D eigenvalue weighted by molar-refractivity contribution is -0.385. The molecular formula is C15H11F3N4O2S. The molecule has 0 radical (unpaired) electrons. The maximum absolute atomic E-state index is 13.4. The Morgan fingerprint density at radius 1 is 1.40 bits per heavy atom. The van der Waals surface area contributed by atoms with Gasteiger partial charge in [0.2, 0.25) is 0 Å². The van der Waals surface area contributed by atoms with Crippen LogP contribution in [0.3, 0.4) is 0 Å². The molecule has 2 N–H and O–H groups in total. The zero-order chi connectivity index (χ0) is 18.4. The van der Waals surface area contributed by atoms with E-state index in [0.29, 0.717) is 23.1 Å². The number of fused-ring (bicyclic) bond motifs is 1. The monoisotopic (exact) mass is 368 g/mol. The molecule has 0 amide bonds. The van der Waals surface area contributed by atoms with Crippen LogP contribution in [-0.4, -0.2) is 11.5 Å². The van der Waals surface area contributed by atoms with Gasteiger partial charge in [-0.15, -0.1) is 11.3 Å². The molecule has 0 atom stereocenters. The van der Waals surface area contributed by atoms with Crippen molar-refractivity contribution in [1.82, 2.24) is 0 Å². The molecule has 0 fully saturated rings. The largest absolute Gasteiger partial charge is 0.418 e. The van der Waals surface area contributed by atoms with Gasteiger partial charge in [0.15, 0.2) is 0 Å². The van der Waals surface area contributed by atoms with E-state index in [-0.39, 0.29) is 18.8 Å². The molecule has 6 nitrogen and oxygen atoms in total. The van der Waals surface area contributed by atoms with E-state index in [4.69, 9.17) is 11.0 Å². The van der Waals surface area contributed by atoms with Crippen LogP contribution in [-0.2, 0) is 19.1 Å². The van der Waals surface area contributed by atoms with Gasteiger partial charge in [0.1, 0.15) is 11.1 Å². The first-order valence-corrected chi connectivity index (χ1v) is 7.94. The molecule has 0 spiro atoms. The average Bonchev–Trinajstić information content (AvgIpc) is 2.87. The predicted molar refractivity (Wildman–Crippen MR) is 86.3 cm³/mol. The van der Waals surface area contributed by atoms with E-state index in [2.05, 4.69) is 0 Å². The summed E-state index contributed by atoms with van der Waals surface area (Å²) in [6.07, 6.45) is -4.33. The van der Waals surface area contributed by atoms with Crippen LogP contribution in [0.4, 0.5) is 29.5 Å². The van der Waals surface area contributed by atoms with Crippen LogP contribution in [0.2, 0.25) is 0 Å². The Bertz CT molecular complexity index is 901. The highest BCUT2D eigenvalue weighted by atomic mass is 32.1. The number of alkyl halides is 3. The first-order valence-electron chi connectivity index (χ1n) is 7.13. The van der Waals surface area contributed by atoms with Crippen molar-refractivity contribution in [3.05, 3.63) is 49.9 Å². The summed E-state index contributed by atoms with van der Waals surface area (Å²) in [5, 5.41) is 20.3. The Kier molecular flexibility index (Phi) is 4.04. The predicted octanol–water partition coefficient (Wildman–Crippen LogP) is 3.69. The van der Waals surface area contributed by atoms with Gasteiger partial charge in [0.25, 0.3) is 5.69 Å². The second-order valence-corrected chi connectivity index (χ2v) is 6.62. The fourth-order valence-electron chi connectivity index (χ4n) is 2.89. The van der Waals surface area contributed by atoms with E-state index in [1.165, 1.54) is 16.2 Å². The van der Waals surface area contributed by atoms with Gasteiger partial charge in [-0.2, -0.15) is 18.4 Å². The Morgan fingerprint density at radius 2 is 2.12 bits per heavy atom. The van der Waals surface area contributed by atoms with Crippen molar-refractivity contribution >= 4 is 27.7 Å². The second-order valence-electron chi connectivity index (χ2n) is 5.48. The van der Waals surface area contributed by atoms with Crippen LogP contribution < -0.4 is 10.6 Å². The summed E-state index contributed by atoms with van der Waals surface area (Å²) in [6, 6.07) is 4.75. The molecule has 1 aliphatic heterocycles. The van der Waals surface area contributed by atoms with E-state index in [1.807, 2.05) is 6.07 Å². The molecule has 1 aromatic carbocycles. The van der Waals surface area contributed by atoms with Gasteiger partial charge >= 0.3 is 6.18 Å². The minimum Gasteiger partial charge on any atom is -0.389 e. The third kappa shape index (κ3) is 2.98. The summed E-state index contributed by atoms with van der Waals surface area (Å²) in [5.74, 6) is 0. The lowest BCUT2D eigenvalue weighted by Crippen LogP contribution is -2.31. The van der Waals surface area contributed by atoms with Gasteiger partial charge in [-0.3, -0.25) is 10.1 Å². The number of nitriles is 1. The summed E-state index contributed by atoms with van der Waals surface area (Å²) < 4.78 is 40.1. The van der Waals surface area contributed by atoms with Gasteiger partial charge in [0.05, 0.1) is 22.6 Å². The molecule has 0 saturated carbocycles. The Labute approximate surface area is 144 Å². The van der Waals surface area contributed by atoms with E-state index < -0.39 is 22.4 Å². The van der Waals surface area contributed by atoms with Crippen molar-refractivity contribution in [1.29, 1.82) is 5.26 Å². The summed E-state index contributed by atoms with van der Waals surface area (Å²) in [6.45, 7) is 0.436. The van der Waals surface area contributed by atoms with Crippen LogP contribution in [0.1, 0.15) is 21.6 Å². The van der Waals surface area contributed by atoms with Crippen LogP contribution in [0.15, 0.2) is 18.2 Å². The maximum Gasteiger partial charge on any atom is 0.418 e. The summed E-state index contributed by atoms with van der Waals surface area (Å²) >= 11 is 1.19. The van der Waals surface area contributed by atoms with Crippen LogP contribution >= 0.6 is 11.3 Å². The normalized spacial score (nSPS) is 14.1. The fraction of sp³-hybridized carbons (Fsp3) is 0.267. The van der Waals surface area contributed by atoms with Crippen LogP contribution in [0.5, 0.6) is 0 Å². The summed E-state index contributed by atoms with van der Waals surface area (Å²) in [5.41, 5.74) is 5.18. The smallest absolute Gasteiger partial charge is 0.389 e. The molecule has 2 aromatic rings. The molecule has 1 aromatic heterocycles. The molecule has 3 rings (SSSR count). The summed E-state index contributed by atoms with van der Waals surface area (Å²) in [4.78, 5) is 12.2. The number of nitro benzene ring substituents is 1. The van der Waals surface area contributed by atoms with Crippen molar-refractivity contribution in [3.8, 4) is 6.07 Å². The number of nitro groups is 1. The lowest BCUT2D eigenvalue weighted by Gasteiger charge is -2.31. The van der Waals surface area contributed by atoms with E-state index in [0.717, 1.165) is 22.6 Å². The molecule has 0 unspecified atom stereocenters. The van der Waals surface area contributed by atoms with Gasteiger partial charge in [-0.1, -0.05) is 0 Å². The molecule has 0 saturated heterocycles. The molecule has 0 aliphatic carbocycles. The number of nitrogens with two attached hydrogens (primary N) is 1. The molecule has 10 heteroatoms. The van der Waals surface area contributed by atoms with E-state index in [9.17, 15) is 23.3 Å². The minimum absolute atomic E-state index is 0.116. The molecule has 25 heavy (non-hydrogen) atoms. The number of thiophene rings is 1. The second kappa shape index (κ2) is 5.93. The minimum atomic E-state index is -4.71.